The predicted molar refractivity (Wildman–Crippen MR) is 107 cm³/mol. The first-order valence-corrected chi connectivity index (χ1v) is 11.4. The van der Waals surface area contributed by atoms with E-state index in [0.717, 1.165) is 16.9 Å². The van der Waals surface area contributed by atoms with Crippen LogP contribution < -0.4 is 0 Å². The molecule has 0 aliphatic rings. The molecule has 0 unspecified atom stereocenters. The van der Waals surface area contributed by atoms with Crippen LogP contribution in [0.3, 0.4) is 0 Å². The lowest BCUT2D eigenvalue weighted by Gasteiger charge is -2.38. The topological polar surface area (TPSA) is 43.6 Å². The molecule has 0 saturated heterocycles. The van der Waals surface area contributed by atoms with Gasteiger partial charge in [-0.3, -0.25) is 0 Å². The van der Waals surface area contributed by atoms with Gasteiger partial charge in [-0.05, 0) is 16.6 Å². The molecule has 0 aliphatic heterocycles. The monoisotopic (exact) mass is 440 g/mol. The van der Waals surface area contributed by atoms with Crippen molar-refractivity contribution < 1.29 is 0 Å². The first kappa shape index (κ1) is 18.4. The maximum atomic E-state index is 4.58. The number of imidazole rings is 1. The molecule has 0 aliphatic carbocycles. The fourth-order valence-corrected chi connectivity index (χ4v) is 9.39. The number of aryl methyl sites for hydroxylation is 1. The molecule has 0 radical (unpaired) electrons. The van der Waals surface area contributed by atoms with E-state index < -0.39 is 8.07 Å². The third-order valence-electron chi connectivity index (χ3n) is 4.81. The Bertz CT molecular complexity index is 746. The number of nitrogens with zero attached hydrogens (tertiary/aromatic N) is 4. The van der Waals surface area contributed by atoms with Gasteiger partial charge >= 0.3 is 0 Å². The van der Waals surface area contributed by atoms with E-state index in [9.17, 15) is 0 Å². The van der Waals surface area contributed by atoms with E-state index in [0.29, 0.717) is 20.5 Å². The van der Waals surface area contributed by atoms with E-state index in [1.807, 2.05) is 11.6 Å². The molecule has 0 atom stereocenters. The van der Waals surface area contributed by atoms with Crippen LogP contribution in [-0.4, -0.2) is 27.6 Å². The summed E-state index contributed by atoms with van der Waals surface area (Å²) in [5.74, 6) is 3.44. The van der Waals surface area contributed by atoms with Crippen LogP contribution in [0.15, 0.2) is 6.33 Å². The third kappa shape index (κ3) is 3.31. The van der Waals surface area contributed by atoms with Gasteiger partial charge in [-0.1, -0.05) is 47.5 Å². The van der Waals surface area contributed by atoms with Crippen molar-refractivity contribution in [1.29, 1.82) is 0 Å². The van der Waals surface area contributed by atoms with Crippen molar-refractivity contribution in [2.24, 2.45) is 7.05 Å². The van der Waals surface area contributed by atoms with Gasteiger partial charge in [0.1, 0.15) is 19.3 Å². The highest BCUT2D eigenvalue weighted by atomic mass is 127. The summed E-state index contributed by atoms with van der Waals surface area (Å²) in [6, 6.07) is 0. The molecular formula is C17H25IN4Si. The number of hydrogen-bond acceptors (Lipinski definition) is 3. The van der Waals surface area contributed by atoms with Crippen LogP contribution in [0.25, 0.3) is 11.2 Å². The number of hydrogen-bond donors (Lipinski definition) is 0. The molecule has 23 heavy (non-hydrogen) atoms. The summed E-state index contributed by atoms with van der Waals surface area (Å²) in [7, 11) is 0.201. The van der Waals surface area contributed by atoms with Crippen molar-refractivity contribution in [2.75, 3.05) is 0 Å². The fourth-order valence-electron chi connectivity index (χ4n) is 3.72. The highest BCUT2D eigenvalue weighted by molar-refractivity contribution is 14.1. The van der Waals surface area contributed by atoms with Crippen LogP contribution >= 0.6 is 22.6 Å². The molecule has 2 aromatic heterocycles. The third-order valence-corrected chi connectivity index (χ3v) is 11.6. The molecule has 0 N–H and O–H groups in total. The Hall–Kier alpha value is -0.943. The van der Waals surface area contributed by atoms with Crippen LogP contribution in [0.5, 0.6) is 0 Å². The Morgan fingerprint density at radius 1 is 1.04 bits per heavy atom. The smallest absolute Gasteiger partial charge is 0.194 e. The Balaban J connectivity index is 2.66. The predicted octanol–water partition coefficient (Wildman–Crippen LogP) is 4.54. The van der Waals surface area contributed by atoms with Crippen molar-refractivity contribution in [3.8, 4) is 11.5 Å². The van der Waals surface area contributed by atoms with Crippen molar-refractivity contribution in [3.63, 3.8) is 0 Å². The zero-order chi connectivity index (χ0) is 17.4. The van der Waals surface area contributed by atoms with E-state index in [1.165, 1.54) is 0 Å². The first-order chi connectivity index (χ1) is 10.7. The molecule has 0 saturated carbocycles. The molecule has 2 heterocycles. The highest BCUT2D eigenvalue weighted by Crippen LogP contribution is 2.40. The summed E-state index contributed by atoms with van der Waals surface area (Å²) in [6.07, 6.45) is 1.78. The van der Waals surface area contributed by atoms with Crippen molar-refractivity contribution in [3.05, 3.63) is 15.9 Å². The summed E-state index contributed by atoms with van der Waals surface area (Å²) in [4.78, 5) is 13.3. The van der Waals surface area contributed by atoms with Gasteiger partial charge in [0.15, 0.2) is 9.48 Å². The summed E-state index contributed by atoms with van der Waals surface area (Å²) >= 11 is 2.14. The van der Waals surface area contributed by atoms with E-state index in [2.05, 4.69) is 90.5 Å². The molecule has 0 fully saturated rings. The molecule has 6 heteroatoms. The first-order valence-electron chi connectivity index (χ1n) is 8.07. The molecule has 124 valence electrons. The van der Waals surface area contributed by atoms with Crippen molar-refractivity contribution in [2.45, 2.75) is 58.2 Å². The molecule has 2 aromatic rings. The lowest BCUT2D eigenvalue weighted by atomic mass is 10.4. The number of fused-ring (bicyclic) bond motifs is 1. The van der Waals surface area contributed by atoms with Crippen molar-refractivity contribution >= 4 is 41.8 Å². The maximum absolute atomic E-state index is 4.58. The second kappa shape index (κ2) is 6.89. The Morgan fingerprint density at radius 3 is 2.13 bits per heavy atom. The van der Waals surface area contributed by atoms with Gasteiger partial charge in [0.2, 0.25) is 0 Å². The molecular weight excluding hydrogens is 415 g/mol. The second-order valence-corrected chi connectivity index (χ2v) is 13.6. The van der Waals surface area contributed by atoms with Gasteiger partial charge in [-0.2, -0.15) is 0 Å². The second-order valence-electron chi connectivity index (χ2n) is 7.02. The van der Waals surface area contributed by atoms with Gasteiger partial charge in [0.25, 0.3) is 0 Å². The van der Waals surface area contributed by atoms with E-state index >= 15 is 0 Å². The molecule has 4 nitrogen and oxygen atoms in total. The normalized spacial score (nSPS) is 12.3. The molecule has 2 rings (SSSR count). The SMILES string of the molecule is CC(C)[Si](C#Cc1nc(I)nc2ncn(C)c12)(C(C)C)C(C)C. The van der Waals surface area contributed by atoms with E-state index in [1.54, 1.807) is 6.33 Å². The lowest BCUT2D eigenvalue weighted by molar-refractivity contribution is 0.838. The van der Waals surface area contributed by atoms with Crippen LogP contribution in [0.4, 0.5) is 0 Å². The van der Waals surface area contributed by atoms with Gasteiger partial charge in [-0.15, -0.1) is 5.54 Å². The largest absolute Gasteiger partial charge is 0.330 e. The number of halogens is 1. The Kier molecular flexibility index (Phi) is 5.51. The summed E-state index contributed by atoms with van der Waals surface area (Å²) in [5.41, 5.74) is 8.02. The maximum Gasteiger partial charge on any atom is 0.194 e. The standard InChI is InChI=1S/C17H25IN4Si/c1-11(2)23(12(3)4,13(5)6)9-8-14-15-16(19-10-22(15)7)21-17(18)20-14/h10-13H,1-7H3. The van der Waals surface area contributed by atoms with Gasteiger partial charge in [0.05, 0.1) is 6.33 Å². The van der Waals surface area contributed by atoms with Crippen LogP contribution in [-0.2, 0) is 7.05 Å². The lowest BCUT2D eigenvalue weighted by Crippen LogP contribution is -2.43. The average Bonchev–Trinajstić information content (AvgIpc) is 2.79. The minimum Gasteiger partial charge on any atom is -0.330 e. The average molecular weight is 440 g/mol. The Labute approximate surface area is 153 Å². The minimum atomic E-state index is -1.77. The molecule has 0 bridgehead atoms. The van der Waals surface area contributed by atoms with Gasteiger partial charge in [0, 0.05) is 29.6 Å². The molecule has 0 spiro atoms. The van der Waals surface area contributed by atoms with Gasteiger partial charge in [-0.25, -0.2) is 15.0 Å². The molecule has 0 amide bonds. The highest BCUT2D eigenvalue weighted by Gasteiger charge is 2.41. The van der Waals surface area contributed by atoms with Crippen LogP contribution in [0.2, 0.25) is 16.6 Å². The van der Waals surface area contributed by atoms with Gasteiger partial charge < -0.3 is 4.57 Å². The number of rotatable bonds is 3. The van der Waals surface area contributed by atoms with E-state index in [4.69, 9.17) is 0 Å². The fraction of sp³-hybridized carbons (Fsp3) is 0.588. The van der Waals surface area contributed by atoms with E-state index in [-0.39, 0.29) is 0 Å². The van der Waals surface area contributed by atoms with Crippen LogP contribution in [0.1, 0.15) is 47.2 Å². The zero-order valence-corrected chi connectivity index (χ0v) is 18.1. The summed E-state index contributed by atoms with van der Waals surface area (Å²) < 4.78 is 2.66. The van der Waals surface area contributed by atoms with Crippen LogP contribution in [0, 0.1) is 15.3 Å². The summed E-state index contributed by atoms with van der Waals surface area (Å²) in [6.45, 7) is 13.9. The Morgan fingerprint density at radius 2 is 1.61 bits per heavy atom. The molecule has 0 aromatic carbocycles. The summed E-state index contributed by atoms with van der Waals surface area (Å²) in [5, 5.41) is 0. The van der Waals surface area contributed by atoms with Crippen molar-refractivity contribution in [1.82, 2.24) is 19.5 Å². The quantitative estimate of drug-likeness (QED) is 0.305. The minimum absolute atomic E-state index is 0.609. The number of aromatic nitrogens is 4. The zero-order valence-electron chi connectivity index (χ0n) is 15.0.